The molecule has 0 aliphatic heterocycles. The third-order valence-corrected chi connectivity index (χ3v) is 4.99. The lowest BCUT2D eigenvalue weighted by Crippen LogP contribution is -2.21. The van der Waals surface area contributed by atoms with Crippen LogP contribution in [0.3, 0.4) is 0 Å². The van der Waals surface area contributed by atoms with Gasteiger partial charge in [0.15, 0.2) is 5.69 Å². The number of nitrogens with one attached hydrogen (secondary N) is 1. The van der Waals surface area contributed by atoms with E-state index in [1.165, 1.54) is 4.68 Å². The molecule has 2 aromatic heterocycles. The number of carbonyl (C=O) groups excluding carboxylic acids is 1. The predicted molar refractivity (Wildman–Crippen MR) is 119 cm³/mol. The number of hydrazone groups is 1. The van der Waals surface area contributed by atoms with E-state index in [0.717, 1.165) is 10.0 Å². The molecule has 162 valence electrons. The van der Waals surface area contributed by atoms with Crippen LogP contribution in [0.2, 0.25) is 0 Å². The highest BCUT2D eigenvalue weighted by molar-refractivity contribution is 9.10. The van der Waals surface area contributed by atoms with Gasteiger partial charge in [-0.25, -0.2) is 10.1 Å². The summed E-state index contributed by atoms with van der Waals surface area (Å²) < 4.78 is 12.2. The molecule has 0 aliphatic rings. The third-order valence-electron chi connectivity index (χ3n) is 4.49. The van der Waals surface area contributed by atoms with Crippen LogP contribution in [0, 0.1) is 0 Å². The van der Waals surface area contributed by atoms with Gasteiger partial charge < -0.3 is 10.5 Å². The van der Waals surface area contributed by atoms with Crippen molar-refractivity contribution in [3.63, 3.8) is 0 Å². The Bertz CT molecular complexity index is 1310. The summed E-state index contributed by atoms with van der Waals surface area (Å²) >= 11 is 3.42. The van der Waals surface area contributed by atoms with Crippen LogP contribution in [0.4, 0.5) is 5.82 Å². The minimum Gasteiger partial charge on any atom is -0.497 e. The van der Waals surface area contributed by atoms with E-state index in [1.807, 2.05) is 24.3 Å². The van der Waals surface area contributed by atoms with Gasteiger partial charge in [0.1, 0.15) is 11.4 Å². The molecule has 2 aromatic carbocycles. The van der Waals surface area contributed by atoms with Gasteiger partial charge in [0.25, 0.3) is 5.91 Å². The van der Waals surface area contributed by atoms with Crippen LogP contribution in [0.25, 0.3) is 17.1 Å². The molecule has 12 heteroatoms. The number of anilines is 1. The average molecular weight is 497 g/mol. The Morgan fingerprint density at radius 2 is 2.03 bits per heavy atom. The first-order valence-corrected chi connectivity index (χ1v) is 10.1. The standard InChI is InChI=1S/C20H17BrN8O3/c1-11(12-5-3-7-14(21)9-12)23-25-20(30)16-17(13-6-4-8-15(10-13)31-2)29(28-24-16)19-18(22)26-32-27-19/h3-10H,1-2H3,(H2,22,26)(H,25,30). The van der Waals surface area contributed by atoms with Crippen molar-refractivity contribution in [3.8, 4) is 22.8 Å². The van der Waals surface area contributed by atoms with E-state index in [-0.39, 0.29) is 17.3 Å². The number of nitrogens with two attached hydrogens (primary N) is 1. The molecule has 4 aromatic rings. The molecule has 0 unspecified atom stereocenters. The Labute approximate surface area is 190 Å². The monoisotopic (exact) mass is 496 g/mol. The molecule has 0 fully saturated rings. The SMILES string of the molecule is COc1cccc(-c2c(C(=O)NN=C(C)c3cccc(Br)c3)nnn2-c2nonc2N)c1. The number of nitrogen functional groups attached to an aromatic ring is 1. The van der Waals surface area contributed by atoms with Crippen molar-refractivity contribution in [2.75, 3.05) is 12.8 Å². The van der Waals surface area contributed by atoms with Crippen LogP contribution in [-0.4, -0.2) is 44.0 Å². The van der Waals surface area contributed by atoms with Crippen LogP contribution in [0.1, 0.15) is 23.0 Å². The van der Waals surface area contributed by atoms with Gasteiger partial charge >= 0.3 is 0 Å². The molecule has 0 saturated heterocycles. The van der Waals surface area contributed by atoms with Crippen molar-refractivity contribution in [1.29, 1.82) is 0 Å². The van der Waals surface area contributed by atoms with Crippen LogP contribution in [-0.2, 0) is 0 Å². The zero-order chi connectivity index (χ0) is 22.7. The molecule has 32 heavy (non-hydrogen) atoms. The number of nitrogens with zero attached hydrogens (tertiary/aromatic N) is 6. The molecule has 0 saturated carbocycles. The van der Waals surface area contributed by atoms with Gasteiger partial charge in [-0.05, 0) is 47.1 Å². The number of halogens is 1. The minimum absolute atomic E-state index is 0.00507. The van der Waals surface area contributed by atoms with E-state index >= 15 is 0 Å². The van der Waals surface area contributed by atoms with Crippen molar-refractivity contribution in [1.82, 2.24) is 30.7 Å². The van der Waals surface area contributed by atoms with Gasteiger partial charge in [0, 0.05) is 10.0 Å². The van der Waals surface area contributed by atoms with Crippen LogP contribution < -0.4 is 15.9 Å². The highest BCUT2D eigenvalue weighted by Gasteiger charge is 2.25. The lowest BCUT2D eigenvalue weighted by molar-refractivity contribution is 0.0950. The molecular weight excluding hydrogens is 480 g/mol. The van der Waals surface area contributed by atoms with Crippen molar-refractivity contribution in [3.05, 3.63) is 64.3 Å². The maximum atomic E-state index is 13.0. The molecular formula is C20H17BrN8O3. The van der Waals surface area contributed by atoms with Crippen molar-refractivity contribution in [2.45, 2.75) is 6.92 Å². The first-order chi connectivity index (χ1) is 15.5. The second kappa shape index (κ2) is 8.98. The number of hydrogen-bond donors (Lipinski definition) is 2. The second-order valence-electron chi connectivity index (χ2n) is 6.55. The minimum atomic E-state index is -0.571. The second-order valence-corrected chi connectivity index (χ2v) is 7.47. The summed E-state index contributed by atoms with van der Waals surface area (Å²) in [4.78, 5) is 13.0. The number of hydrogen-bond acceptors (Lipinski definition) is 9. The summed E-state index contributed by atoms with van der Waals surface area (Å²) in [5, 5.41) is 19.6. The third kappa shape index (κ3) is 4.21. The van der Waals surface area contributed by atoms with E-state index in [2.05, 4.69) is 51.7 Å². The summed E-state index contributed by atoms with van der Waals surface area (Å²) in [5.41, 5.74) is 10.7. The summed E-state index contributed by atoms with van der Waals surface area (Å²) in [7, 11) is 1.54. The number of benzene rings is 2. The molecule has 0 spiro atoms. The zero-order valence-corrected chi connectivity index (χ0v) is 18.6. The Morgan fingerprint density at radius 1 is 1.22 bits per heavy atom. The fraction of sp³-hybridized carbons (Fsp3) is 0.100. The number of methoxy groups -OCH3 is 1. The maximum absolute atomic E-state index is 13.0. The fourth-order valence-corrected chi connectivity index (χ4v) is 3.32. The van der Waals surface area contributed by atoms with E-state index in [9.17, 15) is 4.79 Å². The lowest BCUT2D eigenvalue weighted by atomic mass is 10.1. The van der Waals surface area contributed by atoms with Crippen molar-refractivity contribution < 1.29 is 14.2 Å². The molecule has 2 heterocycles. The molecule has 0 bridgehead atoms. The van der Waals surface area contributed by atoms with E-state index in [1.54, 1.807) is 38.3 Å². The topological polar surface area (TPSA) is 146 Å². The largest absolute Gasteiger partial charge is 0.497 e. The van der Waals surface area contributed by atoms with Gasteiger partial charge in [0.2, 0.25) is 11.6 Å². The van der Waals surface area contributed by atoms with E-state index in [4.69, 9.17) is 10.5 Å². The Kier molecular flexibility index (Phi) is 5.94. The zero-order valence-electron chi connectivity index (χ0n) is 17.0. The van der Waals surface area contributed by atoms with Gasteiger partial charge in [-0.1, -0.05) is 45.4 Å². The fourth-order valence-electron chi connectivity index (χ4n) is 2.92. The van der Waals surface area contributed by atoms with Gasteiger partial charge in [-0.3, -0.25) is 4.79 Å². The number of aromatic nitrogens is 5. The summed E-state index contributed by atoms with van der Waals surface area (Å²) in [6.45, 7) is 1.78. The van der Waals surface area contributed by atoms with Crippen LogP contribution >= 0.6 is 15.9 Å². The maximum Gasteiger partial charge on any atom is 0.294 e. The summed E-state index contributed by atoms with van der Waals surface area (Å²) in [6.07, 6.45) is 0. The number of ether oxygens (including phenoxy) is 1. The molecule has 0 atom stereocenters. The Morgan fingerprint density at radius 3 is 2.75 bits per heavy atom. The Hall–Kier alpha value is -4.06. The average Bonchev–Trinajstić information content (AvgIpc) is 3.43. The smallest absolute Gasteiger partial charge is 0.294 e. The molecule has 1 amide bonds. The molecule has 3 N–H and O–H groups in total. The first-order valence-electron chi connectivity index (χ1n) is 9.27. The van der Waals surface area contributed by atoms with Crippen LogP contribution in [0.15, 0.2) is 62.7 Å². The highest BCUT2D eigenvalue weighted by atomic mass is 79.9. The Balaban J connectivity index is 1.73. The quantitative estimate of drug-likeness (QED) is 0.306. The molecule has 4 rings (SSSR count). The van der Waals surface area contributed by atoms with E-state index < -0.39 is 5.91 Å². The highest BCUT2D eigenvalue weighted by Crippen LogP contribution is 2.29. The molecule has 11 nitrogen and oxygen atoms in total. The first kappa shape index (κ1) is 21.2. The van der Waals surface area contributed by atoms with Crippen molar-refractivity contribution in [2.24, 2.45) is 5.10 Å². The number of amides is 1. The number of carbonyl (C=O) groups is 1. The summed E-state index contributed by atoms with van der Waals surface area (Å²) in [6, 6.07) is 14.6. The molecule has 0 radical (unpaired) electrons. The normalized spacial score (nSPS) is 11.4. The summed E-state index contributed by atoms with van der Waals surface area (Å²) in [5.74, 6) is 0.104. The predicted octanol–water partition coefficient (Wildman–Crippen LogP) is 2.82. The van der Waals surface area contributed by atoms with Gasteiger partial charge in [0.05, 0.1) is 12.8 Å². The van der Waals surface area contributed by atoms with Crippen molar-refractivity contribution >= 4 is 33.4 Å². The van der Waals surface area contributed by atoms with Gasteiger partial charge in [-0.2, -0.15) is 9.78 Å². The molecule has 0 aliphatic carbocycles. The lowest BCUT2D eigenvalue weighted by Gasteiger charge is -2.08. The number of rotatable bonds is 6. The van der Waals surface area contributed by atoms with Crippen LogP contribution in [0.5, 0.6) is 5.75 Å². The van der Waals surface area contributed by atoms with Gasteiger partial charge in [-0.15, -0.1) is 5.10 Å². The van der Waals surface area contributed by atoms with E-state index in [0.29, 0.717) is 22.7 Å².